The molecule has 4 rings (SSSR count). The van der Waals surface area contributed by atoms with Crippen molar-refractivity contribution in [2.45, 2.75) is 57.5 Å². The van der Waals surface area contributed by atoms with Gasteiger partial charge in [-0.05, 0) is 55.7 Å². The summed E-state index contributed by atoms with van der Waals surface area (Å²) in [5, 5.41) is 0. The van der Waals surface area contributed by atoms with E-state index in [1.807, 2.05) is 40.1 Å². The smallest absolute Gasteiger partial charge is 0.248 e. The minimum Gasteiger partial charge on any atom is -0.336 e. The molecule has 1 spiro atoms. The van der Waals surface area contributed by atoms with Gasteiger partial charge in [-0.1, -0.05) is 54.6 Å². The number of carbonyl (C=O) groups is 2. The molecule has 0 bridgehead atoms. The zero-order valence-corrected chi connectivity index (χ0v) is 17.3. The maximum atomic E-state index is 13.5. The number of carbonyl (C=O) groups excluding carboxylic acids is 2. The monoisotopic (exact) mass is 390 g/mol. The lowest BCUT2D eigenvalue weighted by Crippen LogP contribution is -2.61. The number of hydrogen-bond donors (Lipinski definition) is 0. The quantitative estimate of drug-likeness (QED) is 0.771. The first kappa shape index (κ1) is 19.7. The molecule has 29 heavy (non-hydrogen) atoms. The van der Waals surface area contributed by atoms with Gasteiger partial charge in [0.05, 0.1) is 0 Å². The third-order valence-corrected chi connectivity index (χ3v) is 6.58. The number of hydrogen-bond acceptors (Lipinski definition) is 2. The maximum absolute atomic E-state index is 13.5. The van der Waals surface area contributed by atoms with Crippen molar-refractivity contribution in [1.82, 2.24) is 9.80 Å². The Balaban J connectivity index is 1.47. The van der Waals surface area contributed by atoms with Crippen molar-refractivity contribution < 1.29 is 9.59 Å². The van der Waals surface area contributed by atoms with Gasteiger partial charge in [0.2, 0.25) is 11.8 Å². The summed E-state index contributed by atoms with van der Waals surface area (Å²) in [4.78, 5) is 30.6. The van der Waals surface area contributed by atoms with Gasteiger partial charge in [0.15, 0.2) is 0 Å². The van der Waals surface area contributed by atoms with Gasteiger partial charge >= 0.3 is 0 Å². The second-order valence-electron chi connectivity index (χ2n) is 8.42. The zero-order chi connectivity index (χ0) is 20.3. The summed E-state index contributed by atoms with van der Waals surface area (Å²) in [7, 11) is 0. The van der Waals surface area contributed by atoms with Crippen molar-refractivity contribution in [1.29, 1.82) is 0 Å². The predicted octanol–water partition coefficient (Wildman–Crippen LogP) is 4.11. The van der Waals surface area contributed by atoms with Crippen LogP contribution in [0.15, 0.2) is 54.6 Å². The van der Waals surface area contributed by atoms with Gasteiger partial charge in [-0.25, -0.2) is 0 Å². The van der Waals surface area contributed by atoms with E-state index in [9.17, 15) is 9.59 Å². The molecule has 2 aromatic rings. The average molecular weight is 391 g/mol. The number of rotatable bonds is 5. The van der Waals surface area contributed by atoms with E-state index in [1.54, 1.807) is 0 Å². The molecule has 2 saturated heterocycles. The van der Waals surface area contributed by atoms with Crippen LogP contribution < -0.4 is 0 Å². The van der Waals surface area contributed by atoms with E-state index in [2.05, 4.69) is 31.2 Å². The van der Waals surface area contributed by atoms with Crippen LogP contribution in [0.3, 0.4) is 0 Å². The minimum absolute atomic E-state index is 0.126. The van der Waals surface area contributed by atoms with Gasteiger partial charge in [0.1, 0.15) is 5.54 Å². The van der Waals surface area contributed by atoms with Crippen LogP contribution in [0.4, 0.5) is 0 Å². The topological polar surface area (TPSA) is 40.6 Å². The Morgan fingerprint density at radius 2 is 1.66 bits per heavy atom. The maximum Gasteiger partial charge on any atom is 0.248 e. The van der Waals surface area contributed by atoms with Gasteiger partial charge in [-0.15, -0.1) is 0 Å². The lowest BCUT2D eigenvalue weighted by Gasteiger charge is -2.44. The van der Waals surface area contributed by atoms with Crippen LogP contribution in [-0.2, 0) is 22.6 Å². The summed E-state index contributed by atoms with van der Waals surface area (Å²) in [6, 6.07) is 18.4. The third kappa shape index (κ3) is 3.93. The van der Waals surface area contributed by atoms with Gasteiger partial charge in [-0.3, -0.25) is 9.59 Å². The lowest BCUT2D eigenvalue weighted by molar-refractivity contribution is -0.155. The molecule has 0 N–H and O–H groups in total. The fourth-order valence-electron chi connectivity index (χ4n) is 5.01. The van der Waals surface area contributed by atoms with Crippen molar-refractivity contribution in [3.05, 3.63) is 71.3 Å². The highest BCUT2D eigenvalue weighted by molar-refractivity contribution is 5.92. The zero-order valence-electron chi connectivity index (χ0n) is 17.3. The summed E-state index contributed by atoms with van der Waals surface area (Å²) in [6.45, 7) is 4.20. The molecule has 2 aliphatic rings. The van der Waals surface area contributed by atoms with Crippen LogP contribution in [0.5, 0.6) is 0 Å². The molecule has 2 heterocycles. The molecule has 2 aliphatic heterocycles. The summed E-state index contributed by atoms with van der Waals surface area (Å²) in [6.07, 6.45) is 4.68. The fraction of sp³-hybridized carbons (Fsp3) is 0.440. The molecule has 152 valence electrons. The van der Waals surface area contributed by atoms with E-state index in [0.717, 1.165) is 44.2 Å². The predicted molar refractivity (Wildman–Crippen MR) is 114 cm³/mol. The van der Waals surface area contributed by atoms with Gasteiger partial charge in [0, 0.05) is 26.1 Å². The number of piperidine rings is 1. The Bertz CT molecular complexity index is 879. The van der Waals surface area contributed by atoms with E-state index in [1.165, 1.54) is 11.1 Å². The SMILES string of the molecule is Cc1ccccc1CCC(=O)N1CCCC12CCCN(Cc1ccccc1)C2=O. The molecule has 1 atom stereocenters. The Morgan fingerprint density at radius 3 is 2.41 bits per heavy atom. The van der Waals surface area contributed by atoms with Gasteiger partial charge < -0.3 is 9.80 Å². The molecular weight excluding hydrogens is 360 g/mol. The summed E-state index contributed by atoms with van der Waals surface area (Å²) in [5.41, 5.74) is 2.97. The van der Waals surface area contributed by atoms with E-state index in [4.69, 9.17) is 0 Å². The van der Waals surface area contributed by atoms with E-state index in [-0.39, 0.29) is 11.8 Å². The van der Waals surface area contributed by atoms with Crippen LogP contribution in [0, 0.1) is 6.92 Å². The highest BCUT2D eigenvalue weighted by Crippen LogP contribution is 2.39. The molecule has 0 aliphatic carbocycles. The van der Waals surface area contributed by atoms with Crippen molar-refractivity contribution in [2.24, 2.45) is 0 Å². The highest BCUT2D eigenvalue weighted by Gasteiger charge is 2.52. The first-order valence-corrected chi connectivity index (χ1v) is 10.8. The molecule has 2 amide bonds. The number of benzene rings is 2. The normalized spacial score (nSPS) is 21.8. The molecule has 0 saturated carbocycles. The Labute approximate surface area is 173 Å². The molecule has 4 nitrogen and oxygen atoms in total. The van der Waals surface area contributed by atoms with Crippen LogP contribution in [0.2, 0.25) is 0 Å². The van der Waals surface area contributed by atoms with Crippen LogP contribution in [0.25, 0.3) is 0 Å². The molecule has 4 heteroatoms. The van der Waals surface area contributed by atoms with E-state index < -0.39 is 5.54 Å². The molecule has 0 radical (unpaired) electrons. The number of amides is 2. The lowest BCUT2D eigenvalue weighted by atomic mass is 9.84. The van der Waals surface area contributed by atoms with Gasteiger partial charge in [0.25, 0.3) is 0 Å². The minimum atomic E-state index is -0.615. The number of nitrogens with zero attached hydrogens (tertiary/aromatic N) is 2. The summed E-state index contributed by atoms with van der Waals surface area (Å²) >= 11 is 0. The molecule has 1 unspecified atom stereocenters. The molecular formula is C25H30N2O2. The molecule has 2 aromatic carbocycles. The standard InChI is InChI=1S/C25H30N2O2/c1-20-9-5-6-12-22(20)13-14-23(28)27-18-8-16-25(27)15-7-17-26(24(25)29)19-21-10-3-2-4-11-21/h2-6,9-12H,7-8,13-19H2,1H3. The van der Waals surface area contributed by atoms with Gasteiger partial charge in [-0.2, -0.15) is 0 Å². The Hall–Kier alpha value is -2.62. The van der Waals surface area contributed by atoms with Crippen LogP contribution in [-0.4, -0.2) is 40.2 Å². The van der Waals surface area contributed by atoms with Crippen molar-refractivity contribution in [3.8, 4) is 0 Å². The summed E-state index contributed by atoms with van der Waals surface area (Å²) < 4.78 is 0. The average Bonchev–Trinajstić information content (AvgIpc) is 3.16. The van der Waals surface area contributed by atoms with Crippen molar-refractivity contribution in [3.63, 3.8) is 0 Å². The highest BCUT2D eigenvalue weighted by atomic mass is 16.2. The number of likely N-dealkylation sites (tertiary alicyclic amines) is 2. The number of aryl methyl sites for hydroxylation is 2. The largest absolute Gasteiger partial charge is 0.336 e. The second kappa shape index (κ2) is 8.40. The first-order valence-electron chi connectivity index (χ1n) is 10.8. The summed E-state index contributed by atoms with van der Waals surface area (Å²) in [5.74, 6) is 0.273. The van der Waals surface area contributed by atoms with Crippen LogP contribution >= 0.6 is 0 Å². The van der Waals surface area contributed by atoms with Crippen LogP contribution in [0.1, 0.15) is 48.8 Å². The van der Waals surface area contributed by atoms with Crippen molar-refractivity contribution in [2.75, 3.05) is 13.1 Å². The first-order chi connectivity index (χ1) is 14.1. The fourth-order valence-corrected chi connectivity index (χ4v) is 5.01. The van der Waals surface area contributed by atoms with Crippen molar-refractivity contribution >= 4 is 11.8 Å². The molecule has 0 aromatic heterocycles. The second-order valence-corrected chi connectivity index (χ2v) is 8.42. The van der Waals surface area contributed by atoms with E-state index in [0.29, 0.717) is 19.5 Å². The van der Waals surface area contributed by atoms with E-state index >= 15 is 0 Å². The third-order valence-electron chi connectivity index (χ3n) is 6.58. The Morgan fingerprint density at radius 1 is 0.966 bits per heavy atom. The Kier molecular flexibility index (Phi) is 5.70. The molecule has 2 fully saturated rings.